The summed E-state index contributed by atoms with van der Waals surface area (Å²) < 4.78 is 15.5. The summed E-state index contributed by atoms with van der Waals surface area (Å²) in [5, 5.41) is 10.00. The summed E-state index contributed by atoms with van der Waals surface area (Å²) in [7, 11) is 0. The van der Waals surface area contributed by atoms with Gasteiger partial charge in [-0.1, -0.05) is 0 Å². The Labute approximate surface area is 134 Å². The topological polar surface area (TPSA) is 59.0 Å². The molecule has 0 spiro atoms. The monoisotopic (exact) mass is 324 g/mol. The molecule has 5 nitrogen and oxygen atoms in total. The van der Waals surface area contributed by atoms with Gasteiger partial charge in [0.05, 0.1) is 0 Å². The first-order chi connectivity index (χ1) is 10.2. The minimum Gasteiger partial charge on any atom is -0.326 e. The van der Waals surface area contributed by atoms with Crippen molar-refractivity contribution in [3.63, 3.8) is 0 Å². The van der Waals surface area contributed by atoms with Crippen molar-refractivity contribution in [1.29, 1.82) is 0 Å². The molecule has 2 N–H and O–H groups in total. The molecule has 1 aromatic heterocycles. The third-order valence-corrected chi connectivity index (χ3v) is 3.68. The minimum absolute atomic E-state index is 0. The molecular weight excluding hydrogens is 307 g/mol. The predicted octanol–water partition coefficient (Wildman–Crippen LogP) is 2.37. The number of hydrogen-bond acceptors (Lipinski definition) is 3. The molecule has 2 heterocycles. The molecule has 1 aromatic carbocycles. The SMILES string of the molecule is Cl.O=C(Nc1ccc(-n2cccn2)c(F)c1)C1CCNCC1. The molecule has 0 radical (unpaired) electrons. The summed E-state index contributed by atoms with van der Waals surface area (Å²) >= 11 is 0. The maximum absolute atomic E-state index is 14.1. The maximum atomic E-state index is 14.1. The van der Waals surface area contributed by atoms with E-state index in [0.29, 0.717) is 11.4 Å². The van der Waals surface area contributed by atoms with Crippen LogP contribution in [0.3, 0.4) is 0 Å². The Morgan fingerprint density at radius 1 is 1.36 bits per heavy atom. The standard InChI is InChI=1S/C15H17FN4O.ClH/c16-13-10-12(2-3-14(13)20-9-1-6-18-20)19-15(21)11-4-7-17-8-5-11;/h1-3,6,9-11,17H,4-5,7-8H2,(H,19,21);1H. The van der Waals surface area contributed by atoms with Crippen LogP contribution in [-0.2, 0) is 4.79 Å². The summed E-state index contributed by atoms with van der Waals surface area (Å²) in [6, 6.07) is 6.36. The second-order valence-corrected chi connectivity index (χ2v) is 5.13. The quantitative estimate of drug-likeness (QED) is 0.911. The molecule has 0 atom stereocenters. The Kier molecular flexibility index (Phi) is 5.51. The van der Waals surface area contributed by atoms with E-state index in [1.165, 1.54) is 10.7 Å². The highest BCUT2D eigenvalue weighted by molar-refractivity contribution is 5.92. The van der Waals surface area contributed by atoms with Crippen LogP contribution in [-0.4, -0.2) is 28.8 Å². The van der Waals surface area contributed by atoms with Gasteiger partial charge in [-0.05, 0) is 50.2 Å². The van der Waals surface area contributed by atoms with Crippen LogP contribution in [0.1, 0.15) is 12.8 Å². The molecule has 0 aliphatic carbocycles. The lowest BCUT2D eigenvalue weighted by atomic mass is 9.97. The molecule has 118 valence electrons. The van der Waals surface area contributed by atoms with Crippen molar-refractivity contribution in [2.75, 3.05) is 18.4 Å². The first-order valence-corrected chi connectivity index (χ1v) is 7.05. The summed E-state index contributed by atoms with van der Waals surface area (Å²) in [5.41, 5.74) is 0.840. The molecule has 0 unspecified atom stereocenters. The molecule has 1 fully saturated rings. The van der Waals surface area contributed by atoms with Crippen molar-refractivity contribution in [2.24, 2.45) is 5.92 Å². The second-order valence-electron chi connectivity index (χ2n) is 5.13. The van der Waals surface area contributed by atoms with E-state index >= 15 is 0 Å². The highest BCUT2D eigenvalue weighted by atomic mass is 35.5. The molecule has 1 aliphatic rings. The number of carbonyl (C=O) groups is 1. The largest absolute Gasteiger partial charge is 0.326 e. The number of rotatable bonds is 3. The van der Waals surface area contributed by atoms with Crippen molar-refractivity contribution in [1.82, 2.24) is 15.1 Å². The zero-order chi connectivity index (χ0) is 14.7. The van der Waals surface area contributed by atoms with Crippen LogP contribution in [0, 0.1) is 11.7 Å². The van der Waals surface area contributed by atoms with Crippen molar-refractivity contribution in [3.05, 3.63) is 42.5 Å². The number of anilines is 1. The van der Waals surface area contributed by atoms with Crippen molar-refractivity contribution in [3.8, 4) is 5.69 Å². The molecule has 1 saturated heterocycles. The summed E-state index contributed by atoms with van der Waals surface area (Å²) in [6.45, 7) is 1.70. The summed E-state index contributed by atoms with van der Waals surface area (Å²) in [4.78, 5) is 12.1. The highest BCUT2D eigenvalue weighted by Crippen LogP contribution is 2.20. The number of nitrogens with one attached hydrogen (secondary N) is 2. The molecule has 1 amide bonds. The number of hydrogen-bond donors (Lipinski definition) is 2. The summed E-state index contributed by atoms with van der Waals surface area (Å²) in [5.74, 6) is -0.454. The van der Waals surface area contributed by atoms with Crippen LogP contribution >= 0.6 is 12.4 Å². The fourth-order valence-corrected chi connectivity index (χ4v) is 2.51. The van der Waals surface area contributed by atoms with E-state index in [1.54, 1.807) is 30.6 Å². The maximum Gasteiger partial charge on any atom is 0.227 e. The van der Waals surface area contributed by atoms with Crippen LogP contribution in [0.2, 0.25) is 0 Å². The average molecular weight is 325 g/mol. The lowest BCUT2D eigenvalue weighted by molar-refractivity contribution is -0.120. The Hall–Kier alpha value is -1.92. The van der Waals surface area contributed by atoms with Gasteiger partial charge in [-0.15, -0.1) is 12.4 Å². The number of benzene rings is 1. The van der Waals surface area contributed by atoms with Crippen molar-refractivity contribution < 1.29 is 9.18 Å². The van der Waals surface area contributed by atoms with Gasteiger partial charge in [0.25, 0.3) is 0 Å². The van der Waals surface area contributed by atoms with Gasteiger partial charge in [-0.3, -0.25) is 4.79 Å². The van der Waals surface area contributed by atoms with Gasteiger partial charge in [0.15, 0.2) is 5.82 Å². The minimum atomic E-state index is -0.415. The van der Waals surface area contributed by atoms with Crippen molar-refractivity contribution in [2.45, 2.75) is 12.8 Å². The highest BCUT2D eigenvalue weighted by Gasteiger charge is 2.21. The number of aromatic nitrogens is 2. The van der Waals surface area contributed by atoms with Gasteiger partial charge in [-0.2, -0.15) is 5.10 Å². The third kappa shape index (κ3) is 3.64. The number of carbonyl (C=O) groups excluding carboxylic acids is 1. The zero-order valence-electron chi connectivity index (χ0n) is 12.0. The fraction of sp³-hybridized carbons (Fsp3) is 0.333. The van der Waals surface area contributed by atoms with E-state index in [2.05, 4.69) is 15.7 Å². The molecule has 22 heavy (non-hydrogen) atoms. The molecule has 3 rings (SSSR count). The fourth-order valence-electron chi connectivity index (χ4n) is 2.51. The lowest BCUT2D eigenvalue weighted by Gasteiger charge is -2.21. The van der Waals surface area contributed by atoms with Gasteiger partial charge in [0.1, 0.15) is 5.69 Å². The second kappa shape index (κ2) is 7.38. The average Bonchev–Trinajstić information content (AvgIpc) is 3.02. The normalized spacial score (nSPS) is 15.1. The smallest absolute Gasteiger partial charge is 0.227 e. The van der Waals surface area contributed by atoms with E-state index in [9.17, 15) is 9.18 Å². The van der Waals surface area contributed by atoms with Gasteiger partial charge in [-0.25, -0.2) is 9.07 Å². The number of nitrogens with zero attached hydrogens (tertiary/aromatic N) is 2. The van der Waals surface area contributed by atoms with E-state index < -0.39 is 5.82 Å². The van der Waals surface area contributed by atoms with Gasteiger partial charge >= 0.3 is 0 Å². The Morgan fingerprint density at radius 3 is 2.77 bits per heavy atom. The van der Waals surface area contributed by atoms with Gasteiger partial charge < -0.3 is 10.6 Å². The molecular formula is C15H18ClFN4O. The van der Waals surface area contributed by atoms with Crippen LogP contribution in [0.4, 0.5) is 10.1 Å². The Balaban J connectivity index is 0.00000176. The van der Waals surface area contributed by atoms with Crippen LogP contribution in [0.25, 0.3) is 5.69 Å². The molecule has 0 bridgehead atoms. The molecule has 1 aliphatic heterocycles. The van der Waals surface area contributed by atoms with Gasteiger partial charge in [0, 0.05) is 24.0 Å². The molecule has 0 saturated carbocycles. The van der Waals surface area contributed by atoms with Crippen LogP contribution in [0.5, 0.6) is 0 Å². The van der Waals surface area contributed by atoms with Crippen LogP contribution < -0.4 is 10.6 Å². The van der Waals surface area contributed by atoms with E-state index in [4.69, 9.17) is 0 Å². The first-order valence-electron chi connectivity index (χ1n) is 7.05. The van der Waals surface area contributed by atoms with E-state index in [1.807, 2.05) is 0 Å². The molecule has 2 aromatic rings. The Bertz CT molecular complexity index is 626. The third-order valence-electron chi connectivity index (χ3n) is 3.68. The van der Waals surface area contributed by atoms with Crippen molar-refractivity contribution >= 4 is 24.0 Å². The number of halogens is 2. The first kappa shape index (κ1) is 16.5. The van der Waals surface area contributed by atoms with E-state index in [0.717, 1.165) is 25.9 Å². The molecule has 7 heteroatoms. The van der Waals surface area contributed by atoms with Gasteiger partial charge in [0.2, 0.25) is 5.91 Å². The number of piperidine rings is 1. The zero-order valence-corrected chi connectivity index (χ0v) is 12.8. The predicted molar refractivity (Wildman–Crippen MR) is 85.0 cm³/mol. The Morgan fingerprint density at radius 2 is 2.14 bits per heavy atom. The van der Waals surface area contributed by atoms with E-state index in [-0.39, 0.29) is 24.2 Å². The van der Waals surface area contributed by atoms with Crippen LogP contribution in [0.15, 0.2) is 36.7 Å². The summed E-state index contributed by atoms with van der Waals surface area (Å²) in [6.07, 6.45) is 4.90. The number of amides is 1. The lowest BCUT2D eigenvalue weighted by Crippen LogP contribution is -2.34.